The van der Waals surface area contributed by atoms with Crippen molar-refractivity contribution < 1.29 is 9.53 Å². The summed E-state index contributed by atoms with van der Waals surface area (Å²) in [5.74, 6) is 0.0740. The number of hydrogen-bond acceptors (Lipinski definition) is 4. The Bertz CT molecular complexity index is 344. The number of nitrogens with two attached hydrogens (primary N) is 1. The molecular weight excluding hydrogens is 234 g/mol. The summed E-state index contributed by atoms with van der Waals surface area (Å²) in [7, 11) is 0. The summed E-state index contributed by atoms with van der Waals surface area (Å²) in [6, 6.07) is 3.48. The van der Waals surface area contributed by atoms with Gasteiger partial charge in [-0.2, -0.15) is 0 Å². The predicted molar refractivity (Wildman–Crippen MR) is 68.7 cm³/mol. The van der Waals surface area contributed by atoms with Gasteiger partial charge in [-0.15, -0.1) is 11.3 Å². The first-order valence-electron chi connectivity index (χ1n) is 6.22. The molecule has 0 saturated heterocycles. The van der Waals surface area contributed by atoms with Gasteiger partial charge in [0.1, 0.15) is 12.6 Å². The lowest BCUT2D eigenvalue weighted by Gasteiger charge is -2.25. The second-order valence-corrected chi connectivity index (χ2v) is 5.64. The second-order valence-electron chi connectivity index (χ2n) is 4.61. The molecule has 3 nitrogen and oxygen atoms in total. The predicted octanol–water partition coefficient (Wildman–Crippen LogP) is 2.70. The van der Waals surface area contributed by atoms with Crippen molar-refractivity contribution >= 4 is 17.3 Å². The molecule has 2 N–H and O–H groups in total. The van der Waals surface area contributed by atoms with Gasteiger partial charge in [0.25, 0.3) is 0 Å². The maximum absolute atomic E-state index is 11.8. The van der Waals surface area contributed by atoms with Crippen LogP contribution >= 0.6 is 11.3 Å². The largest absolute Gasteiger partial charge is 0.459 e. The number of rotatable bonds is 4. The topological polar surface area (TPSA) is 52.3 Å². The Labute approximate surface area is 106 Å². The smallest absolute Gasteiger partial charge is 0.323 e. The Kier molecular flexibility index (Phi) is 4.57. The van der Waals surface area contributed by atoms with Crippen LogP contribution < -0.4 is 5.73 Å². The average molecular weight is 253 g/mol. The first-order valence-corrected chi connectivity index (χ1v) is 7.10. The molecule has 1 atom stereocenters. The Morgan fingerprint density at radius 1 is 1.47 bits per heavy atom. The fraction of sp³-hybridized carbons (Fsp3) is 0.615. The van der Waals surface area contributed by atoms with E-state index in [0.29, 0.717) is 12.5 Å². The van der Waals surface area contributed by atoms with Crippen LogP contribution in [-0.2, 0) is 16.1 Å². The minimum Gasteiger partial charge on any atom is -0.459 e. The van der Waals surface area contributed by atoms with Crippen molar-refractivity contribution in [1.29, 1.82) is 0 Å². The zero-order chi connectivity index (χ0) is 12.1. The van der Waals surface area contributed by atoms with Crippen LogP contribution in [0.2, 0.25) is 0 Å². The van der Waals surface area contributed by atoms with Crippen LogP contribution in [0.5, 0.6) is 0 Å². The van der Waals surface area contributed by atoms with E-state index < -0.39 is 6.04 Å². The summed E-state index contributed by atoms with van der Waals surface area (Å²) in [6.07, 6.45) is 5.78. The summed E-state index contributed by atoms with van der Waals surface area (Å²) in [4.78, 5) is 12.9. The molecule has 2 rings (SSSR count). The molecule has 1 aromatic heterocycles. The monoisotopic (exact) mass is 253 g/mol. The number of hydrogen-bond donors (Lipinski definition) is 1. The van der Waals surface area contributed by atoms with Gasteiger partial charge in [0.2, 0.25) is 0 Å². The molecule has 0 bridgehead atoms. The Morgan fingerprint density at radius 2 is 2.24 bits per heavy atom. The summed E-state index contributed by atoms with van der Waals surface area (Å²) in [5.41, 5.74) is 5.96. The highest BCUT2D eigenvalue weighted by Crippen LogP contribution is 2.26. The number of ether oxygens (including phenoxy) is 1. The lowest BCUT2D eigenvalue weighted by Crippen LogP contribution is -2.40. The maximum Gasteiger partial charge on any atom is 0.323 e. The molecule has 1 aliphatic carbocycles. The van der Waals surface area contributed by atoms with Crippen LogP contribution in [0.4, 0.5) is 0 Å². The van der Waals surface area contributed by atoms with Gasteiger partial charge in [-0.3, -0.25) is 4.79 Å². The third kappa shape index (κ3) is 3.54. The van der Waals surface area contributed by atoms with Gasteiger partial charge in [0.05, 0.1) is 0 Å². The molecule has 0 radical (unpaired) electrons. The van der Waals surface area contributed by atoms with Crippen molar-refractivity contribution in [3.8, 4) is 0 Å². The molecule has 0 aliphatic heterocycles. The molecular formula is C13H19NO2S. The van der Waals surface area contributed by atoms with Crippen LogP contribution in [0, 0.1) is 5.92 Å². The van der Waals surface area contributed by atoms with Crippen molar-refractivity contribution in [2.75, 3.05) is 0 Å². The molecule has 1 saturated carbocycles. The lowest BCUT2D eigenvalue weighted by atomic mass is 9.84. The molecule has 4 heteroatoms. The van der Waals surface area contributed by atoms with Crippen LogP contribution in [0.15, 0.2) is 17.5 Å². The van der Waals surface area contributed by atoms with E-state index in [1.807, 2.05) is 17.5 Å². The molecule has 94 valence electrons. The van der Waals surface area contributed by atoms with Gasteiger partial charge in [0, 0.05) is 4.88 Å². The first-order chi connectivity index (χ1) is 8.27. The summed E-state index contributed by atoms with van der Waals surface area (Å²) < 4.78 is 5.25. The van der Waals surface area contributed by atoms with E-state index in [1.54, 1.807) is 11.3 Å². The number of carbonyl (C=O) groups is 1. The quantitative estimate of drug-likeness (QED) is 0.839. The number of esters is 1. The molecule has 0 amide bonds. The highest BCUT2D eigenvalue weighted by molar-refractivity contribution is 7.09. The Morgan fingerprint density at radius 3 is 2.88 bits per heavy atom. The van der Waals surface area contributed by atoms with Crippen molar-refractivity contribution in [3.05, 3.63) is 22.4 Å². The molecule has 1 heterocycles. The van der Waals surface area contributed by atoms with Gasteiger partial charge < -0.3 is 10.5 Å². The number of carbonyl (C=O) groups excluding carboxylic acids is 1. The maximum atomic E-state index is 11.8. The third-order valence-electron chi connectivity index (χ3n) is 3.37. The molecule has 1 fully saturated rings. The summed E-state index contributed by atoms with van der Waals surface area (Å²) >= 11 is 1.59. The third-order valence-corrected chi connectivity index (χ3v) is 4.22. The molecule has 17 heavy (non-hydrogen) atoms. The minimum absolute atomic E-state index is 0.245. The van der Waals surface area contributed by atoms with Crippen molar-refractivity contribution in [2.24, 2.45) is 11.7 Å². The van der Waals surface area contributed by atoms with Gasteiger partial charge in [-0.1, -0.05) is 25.3 Å². The van der Waals surface area contributed by atoms with E-state index in [-0.39, 0.29) is 5.97 Å². The van der Waals surface area contributed by atoms with Crippen LogP contribution in [-0.4, -0.2) is 12.0 Å². The van der Waals surface area contributed by atoms with E-state index in [2.05, 4.69) is 0 Å². The zero-order valence-electron chi connectivity index (χ0n) is 9.93. The molecule has 0 aromatic carbocycles. The van der Waals surface area contributed by atoms with Gasteiger partial charge in [0.15, 0.2) is 0 Å². The van der Waals surface area contributed by atoms with Crippen LogP contribution in [0.25, 0.3) is 0 Å². The van der Waals surface area contributed by atoms with Crippen LogP contribution in [0.1, 0.15) is 37.0 Å². The highest BCUT2D eigenvalue weighted by atomic mass is 32.1. The van der Waals surface area contributed by atoms with E-state index in [1.165, 1.54) is 19.3 Å². The van der Waals surface area contributed by atoms with Crippen molar-refractivity contribution in [1.82, 2.24) is 0 Å². The zero-order valence-corrected chi connectivity index (χ0v) is 10.7. The second kappa shape index (κ2) is 6.17. The molecule has 0 spiro atoms. The van der Waals surface area contributed by atoms with E-state index in [4.69, 9.17) is 10.5 Å². The Hall–Kier alpha value is -0.870. The fourth-order valence-electron chi connectivity index (χ4n) is 2.32. The van der Waals surface area contributed by atoms with Gasteiger partial charge in [-0.25, -0.2) is 0 Å². The Balaban J connectivity index is 1.78. The SMILES string of the molecule is NC(C(=O)OCc1cccs1)C1CCCCC1. The van der Waals surface area contributed by atoms with Gasteiger partial charge >= 0.3 is 5.97 Å². The normalized spacial score (nSPS) is 18.9. The molecule has 1 aromatic rings. The summed E-state index contributed by atoms with van der Waals surface area (Å²) in [6.45, 7) is 0.358. The van der Waals surface area contributed by atoms with Crippen molar-refractivity contribution in [2.45, 2.75) is 44.8 Å². The standard InChI is InChI=1S/C13H19NO2S/c14-12(10-5-2-1-3-6-10)13(15)16-9-11-7-4-8-17-11/h4,7-8,10,12H,1-3,5-6,9,14H2. The van der Waals surface area contributed by atoms with E-state index in [9.17, 15) is 4.79 Å². The minimum atomic E-state index is -0.435. The average Bonchev–Trinajstić information content (AvgIpc) is 2.89. The number of thiophene rings is 1. The summed E-state index contributed by atoms with van der Waals surface area (Å²) in [5, 5.41) is 1.98. The van der Waals surface area contributed by atoms with E-state index >= 15 is 0 Å². The van der Waals surface area contributed by atoms with Crippen molar-refractivity contribution in [3.63, 3.8) is 0 Å². The highest BCUT2D eigenvalue weighted by Gasteiger charge is 2.27. The fourth-order valence-corrected chi connectivity index (χ4v) is 2.93. The van der Waals surface area contributed by atoms with E-state index in [0.717, 1.165) is 17.7 Å². The van der Waals surface area contributed by atoms with Gasteiger partial charge in [-0.05, 0) is 30.2 Å². The molecule has 1 aliphatic rings. The first kappa shape index (κ1) is 12.6. The molecule has 1 unspecified atom stereocenters. The van der Waals surface area contributed by atoms with Crippen LogP contribution in [0.3, 0.4) is 0 Å². The lowest BCUT2D eigenvalue weighted by molar-refractivity contribution is -0.148.